The lowest BCUT2D eigenvalue weighted by atomic mass is 10.1. The summed E-state index contributed by atoms with van der Waals surface area (Å²) in [5, 5.41) is 10.2. The van der Waals surface area contributed by atoms with E-state index in [0.29, 0.717) is 5.56 Å². The molecule has 1 N–H and O–H groups in total. The molecule has 0 aliphatic heterocycles. The average Bonchev–Trinajstić information content (AvgIpc) is 3.27. The van der Waals surface area contributed by atoms with Gasteiger partial charge in [-0.3, -0.25) is 4.79 Å². The van der Waals surface area contributed by atoms with Gasteiger partial charge in [0.2, 0.25) is 0 Å². The summed E-state index contributed by atoms with van der Waals surface area (Å²) in [6, 6.07) is 5.65. The van der Waals surface area contributed by atoms with E-state index in [-0.39, 0.29) is 27.6 Å². The van der Waals surface area contributed by atoms with Gasteiger partial charge in [-0.25, -0.2) is 8.42 Å². The first-order chi connectivity index (χ1) is 12.8. The lowest BCUT2D eigenvalue weighted by Crippen LogP contribution is -2.25. The van der Waals surface area contributed by atoms with Gasteiger partial charge in [-0.1, -0.05) is 28.0 Å². The van der Waals surface area contributed by atoms with Crippen LogP contribution < -0.4 is 5.32 Å². The summed E-state index contributed by atoms with van der Waals surface area (Å²) in [7, 11) is -3.49. The van der Waals surface area contributed by atoms with Gasteiger partial charge in [0.05, 0.1) is 9.92 Å². The van der Waals surface area contributed by atoms with E-state index in [1.165, 1.54) is 30.5 Å². The van der Waals surface area contributed by atoms with Crippen LogP contribution in [0, 0.1) is 0 Å². The number of aromatic nitrogens is 1. The van der Waals surface area contributed by atoms with Gasteiger partial charge in [0.1, 0.15) is 12.4 Å². The third kappa shape index (κ3) is 4.86. The minimum Gasteiger partial charge on any atom is -0.392 e. The van der Waals surface area contributed by atoms with Crippen molar-refractivity contribution in [2.75, 3.05) is 11.6 Å². The summed E-state index contributed by atoms with van der Waals surface area (Å²) in [6.07, 6.45) is 6.17. The number of oxime groups is 1. The maximum atomic E-state index is 12.6. The second-order valence-corrected chi connectivity index (χ2v) is 8.60. The molecule has 1 aliphatic rings. The number of nitrogens with one attached hydrogen (secondary N) is 1. The number of benzene rings is 1. The van der Waals surface area contributed by atoms with E-state index in [9.17, 15) is 13.2 Å². The summed E-state index contributed by atoms with van der Waals surface area (Å²) in [4.78, 5) is 18.1. The third-order valence-electron chi connectivity index (χ3n) is 4.09. The first-order valence-electron chi connectivity index (χ1n) is 8.30. The van der Waals surface area contributed by atoms with E-state index in [2.05, 4.69) is 15.6 Å². The highest BCUT2D eigenvalue weighted by Crippen LogP contribution is 2.24. The highest BCUT2D eigenvalue weighted by atomic mass is 35.5. The molecular weight excluding hydrogens is 394 g/mol. The van der Waals surface area contributed by atoms with E-state index in [4.69, 9.17) is 21.0 Å². The summed E-state index contributed by atoms with van der Waals surface area (Å²) >= 11 is 6.10. The molecule has 1 fully saturated rings. The smallest absolute Gasteiger partial charge is 0.279 e. The molecule has 3 rings (SSSR count). The molecule has 0 spiro atoms. The lowest BCUT2D eigenvalue weighted by Gasteiger charge is -2.11. The molecule has 0 radical (unpaired) electrons. The van der Waals surface area contributed by atoms with Crippen LogP contribution in [0.25, 0.3) is 0 Å². The maximum absolute atomic E-state index is 12.6. The number of rotatable bonds is 6. The minimum atomic E-state index is -3.49. The molecule has 2 aromatic rings. The van der Waals surface area contributed by atoms with E-state index in [0.717, 1.165) is 31.9 Å². The van der Waals surface area contributed by atoms with E-state index in [1.54, 1.807) is 0 Å². The molecule has 8 nitrogen and oxygen atoms in total. The monoisotopic (exact) mass is 411 g/mol. The van der Waals surface area contributed by atoms with Crippen LogP contribution in [-0.2, 0) is 19.5 Å². The lowest BCUT2D eigenvalue weighted by molar-refractivity contribution is -0.110. The van der Waals surface area contributed by atoms with Crippen molar-refractivity contribution in [3.8, 4) is 0 Å². The van der Waals surface area contributed by atoms with Gasteiger partial charge in [-0.15, -0.1) is 0 Å². The van der Waals surface area contributed by atoms with Crippen molar-refractivity contribution in [1.29, 1.82) is 0 Å². The SMILES string of the molecule is CS(=O)(=O)c1ccc(C(=NOC2CCCC2)C(=O)Nc2ccon2)cc1Cl. The molecule has 0 unspecified atom stereocenters. The normalized spacial score (nSPS) is 15.7. The fourth-order valence-corrected chi connectivity index (χ4v) is 4.08. The molecule has 0 atom stereocenters. The summed E-state index contributed by atoms with van der Waals surface area (Å²) in [5.74, 6) is -0.363. The summed E-state index contributed by atoms with van der Waals surface area (Å²) in [5.41, 5.74) is 0.290. The molecule has 1 aromatic heterocycles. The molecule has 1 heterocycles. The molecule has 1 aliphatic carbocycles. The van der Waals surface area contributed by atoms with Gasteiger partial charge >= 0.3 is 0 Å². The standard InChI is InChI=1S/C17H18ClN3O5S/c1-27(23,24)14-7-6-11(10-13(14)18)16(21-26-12-4-2-3-5-12)17(22)19-15-8-9-25-20-15/h6-10,12H,2-5H2,1H3,(H,19,20,22). The fourth-order valence-electron chi connectivity index (χ4n) is 2.75. The molecule has 1 amide bonds. The predicted octanol–water partition coefficient (Wildman–Crippen LogP) is 3.03. The molecule has 10 heteroatoms. The number of sulfone groups is 1. The van der Waals surface area contributed by atoms with Crippen molar-refractivity contribution >= 4 is 38.9 Å². The Balaban J connectivity index is 1.91. The first kappa shape index (κ1) is 19.4. The Hall–Kier alpha value is -2.39. The van der Waals surface area contributed by atoms with Crippen molar-refractivity contribution in [3.05, 3.63) is 41.1 Å². The van der Waals surface area contributed by atoms with Crippen LogP contribution in [0.3, 0.4) is 0 Å². The maximum Gasteiger partial charge on any atom is 0.279 e. The van der Waals surface area contributed by atoms with Crippen molar-refractivity contribution in [2.24, 2.45) is 5.16 Å². The third-order valence-corrected chi connectivity index (χ3v) is 5.67. The van der Waals surface area contributed by atoms with Crippen molar-refractivity contribution in [1.82, 2.24) is 5.16 Å². The zero-order valence-electron chi connectivity index (χ0n) is 14.5. The van der Waals surface area contributed by atoms with E-state index >= 15 is 0 Å². The average molecular weight is 412 g/mol. The molecule has 1 aromatic carbocycles. The number of hydrogen-bond acceptors (Lipinski definition) is 7. The van der Waals surface area contributed by atoms with Crippen LogP contribution in [0.5, 0.6) is 0 Å². The summed E-state index contributed by atoms with van der Waals surface area (Å²) < 4.78 is 28.2. The zero-order chi connectivity index (χ0) is 19.4. The van der Waals surface area contributed by atoms with E-state index in [1.807, 2.05) is 0 Å². The highest BCUT2D eigenvalue weighted by Gasteiger charge is 2.22. The van der Waals surface area contributed by atoms with Crippen LogP contribution in [0.2, 0.25) is 5.02 Å². The number of halogens is 1. The van der Waals surface area contributed by atoms with Gasteiger partial charge in [-0.05, 0) is 37.8 Å². The Bertz CT molecular complexity index is 951. The van der Waals surface area contributed by atoms with Crippen LogP contribution in [0.4, 0.5) is 5.82 Å². The second-order valence-electron chi connectivity index (χ2n) is 6.21. The number of carbonyl (C=O) groups is 1. The Morgan fingerprint density at radius 3 is 2.67 bits per heavy atom. The number of nitrogens with zero attached hydrogens (tertiary/aromatic N) is 2. The summed E-state index contributed by atoms with van der Waals surface area (Å²) in [6.45, 7) is 0. The molecule has 0 saturated heterocycles. The Labute approximate surface area is 161 Å². The fraction of sp³-hybridized carbons (Fsp3) is 0.353. The van der Waals surface area contributed by atoms with E-state index < -0.39 is 15.7 Å². The molecular formula is C17H18ClN3O5S. The predicted molar refractivity (Wildman–Crippen MR) is 99.6 cm³/mol. The number of amides is 1. The molecule has 27 heavy (non-hydrogen) atoms. The number of carbonyl (C=O) groups excluding carboxylic acids is 1. The van der Waals surface area contributed by atoms with Gasteiger partial charge in [0.25, 0.3) is 5.91 Å². The van der Waals surface area contributed by atoms with Crippen LogP contribution in [0.1, 0.15) is 31.2 Å². The topological polar surface area (TPSA) is 111 Å². The second kappa shape index (κ2) is 8.10. The van der Waals surface area contributed by atoms with Crippen LogP contribution in [-0.4, -0.2) is 37.6 Å². The molecule has 1 saturated carbocycles. The van der Waals surface area contributed by atoms with Crippen molar-refractivity contribution in [2.45, 2.75) is 36.7 Å². The van der Waals surface area contributed by atoms with Crippen LogP contribution >= 0.6 is 11.6 Å². The molecule has 0 bridgehead atoms. The Morgan fingerprint density at radius 2 is 2.07 bits per heavy atom. The quantitative estimate of drug-likeness (QED) is 0.577. The minimum absolute atomic E-state index is 0.00203. The Kier molecular flexibility index (Phi) is 5.81. The largest absolute Gasteiger partial charge is 0.392 e. The Morgan fingerprint density at radius 1 is 1.33 bits per heavy atom. The van der Waals surface area contributed by atoms with Gasteiger partial charge in [-0.2, -0.15) is 0 Å². The zero-order valence-corrected chi connectivity index (χ0v) is 16.1. The number of anilines is 1. The van der Waals surface area contributed by atoms with Gasteiger partial charge < -0.3 is 14.7 Å². The molecule has 144 valence electrons. The van der Waals surface area contributed by atoms with Crippen molar-refractivity contribution in [3.63, 3.8) is 0 Å². The number of hydrogen-bond donors (Lipinski definition) is 1. The first-order valence-corrected chi connectivity index (χ1v) is 10.6. The van der Waals surface area contributed by atoms with Gasteiger partial charge in [0.15, 0.2) is 21.4 Å². The van der Waals surface area contributed by atoms with Crippen molar-refractivity contribution < 1.29 is 22.6 Å². The highest BCUT2D eigenvalue weighted by molar-refractivity contribution is 7.90. The van der Waals surface area contributed by atoms with Gasteiger partial charge in [0, 0.05) is 17.9 Å². The van der Waals surface area contributed by atoms with Crippen LogP contribution in [0.15, 0.2) is 45.1 Å².